The van der Waals surface area contributed by atoms with Crippen LogP contribution in [0.2, 0.25) is 0 Å². The summed E-state index contributed by atoms with van der Waals surface area (Å²) in [6, 6.07) is 56.7. The van der Waals surface area contributed by atoms with Crippen molar-refractivity contribution >= 4 is 0 Å². The summed E-state index contributed by atoms with van der Waals surface area (Å²) in [5.41, 5.74) is 0. The Labute approximate surface area is 346 Å². The SMILES string of the molecule is CC.CC.CC.CC.CC.CC.CC(Oc1ccccc1)(Oc1ccccc1)Oc1ccccc1.c1ccc(OC(Oc2ccccc2)Oc2ccccc2)cc1. The van der Waals surface area contributed by atoms with Crippen molar-refractivity contribution in [3.63, 3.8) is 0 Å². The molecule has 6 heteroatoms. The molecule has 0 radical (unpaired) electrons. The lowest BCUT2D eigenvalue weighted by Gasteiger charge is -2.30. The maximum absolute atomic E-state index is 5.97. The van der Waals surface area contributed by atoms with Crippen LogP contribution in [0.1, 0.15) is 90.0 Å². The molecular formula is C51H70O6. The zero-order valence-electron chi connectivity index (χ0n) is 36.8. The van der Waals surface area contributed by atoms with Gasteiger partial charge >= 0.3 is 12.4 Å². The van der Waals surface area contributed by atoms with E-state index in [1.807, 2.05) is 265 Å². The Morgan fingerprint density at radius 1 is 0.263 bits per heavy atom. The lowest BCUT2D eigenvalue weighted by molar-refractivity contribution is -0.238. The molecule has 6 aromatic carbocycles. The number of hydrogen-bond acceptors (Lipinski definition) is 6. The van der Waals surface area contributed by atoms with Crippen LogP contribution in [0.15, 0.2) is 182 Å². The van der Waals surface area contributed by atoms with E-state index in [1.165, 1.54) is 0 Å². The molecule has 0 aliphatic rings. The highest BCUT2D eigenvalue weighted by molar-refractivity contribution is 5.27. The fraction of sp³-hybridized carbons (Fsp3) is 0.294. The second-order valence-electron chi connectivity index (χ2n) is 9.69. The minimum Gasteiger partial charge on any atom is -0.423 e. The van der Waals surface area contributed by atoms with Crippen LogP contribution in [0, 0.1) is 0 Å². The fourth-order valence-corrected chi connectivity index (χ4v) is 4.07. The van der Waals surface area contributed by atoms with Gasteiger partial charge in [0.05, 0.1) is 6.92 Å². The van der Waals surface area contributed by atoms with Crippen molar-refractivity contribution in [1.29, 1.82) is 0 Å². The zero-order chi connectivity index (χ0) is 43.0. The number of ether oxygens (including phenoxy) is 6. The van der Waals surface area contributed by atoms with Gasteiger partial charge in [0.1, 0.15) is 34.5 Å². The first-order valence-electron chi connectivity index (χ1n) is 20.5. The molecule has 0 unspecified atom stereocenters. The Kier molecular flexibility index (Phi) is 34.6. The predicted molar refractivity (Wildman–Crippen MR) is 243 cm³/mol. The van der Waals surface area contributed by atoms with Crippen molar-refractivity contribution in [1.82, 2.24) is 0 Å². The monoisotopic (exact) mass is 779 g/mol. The molecule has 0 aliphatic heterocycles. The zero-order valence-corrected chi connectivity index (χ0v) is 36.8. The molecule has 0 fully saturated rings. The summed E-state index contributed by atoms with van der Waals surface area (Å²) in [4.78, 5) is 0. The van der Waals surface area contributed by atoms with Crippen LogP contribution in [0.4, 0.5) is 0 Å². The Bertz CT molecular complexity index is 1440. The van der Waals surface area contributed by atoms with Gasteiger partial charge < -0.3 is 28.4 Å². The van der Waals surface area contributed by atoms with Crippen LogP contribution >= 0.6 is 0 Å². The topological polar surface area (TPSA) is 55.4 Å². The van der Waals surface area contributed by atoms with E-state index in [-0.39, 0.29) is 0 Å². The van der Waals surface area contributed by atoms with Gasteiger partial charge in [-0.05, 0) is 72.8 Å². The van der Waals surface area contributed by atoms with Gasteiger partial charge in [-0.25, -0.2) is 0 Å². The van der Waals surface area contributed by atoms with Gasteiger partial charge in [0, 0.05) is 0 Å². The number of benzene rings is 6. The second kappa shape index (κ2) is 37.1. The van der Waals surface area contributed by atoms with Gasteiger partial charge in [0.25, 0.3) is 0 Å². The minimum atomic E-state index is -1.29. The molecule has 0 atom stereocenters. The third kappa shape index (κ3) is 24.3. The maximum atomic E-state index is 5.97. The standard InChI is InChI=1S/C20H18O3.C19H16O3.6C2H6/c1-20(21-17-11-5-2-6-12-17,22-18-13-7-3-8-14-18)23-19-15-9-4-10-16-19;1-4-10-16(11-5-1)20-19(21-17-12-6-2-7-13-17)22-18-14-8-3-9-15-18;6*1-2/h2-16H,1H3;1-15,19H;6*1-2H3. The largest absolute Gasteiger partial charge is 0.423 e. The molecular weight excluding hydrogens is 709 g/mol. The molecule has 0 amide bonds. The van der Waals surface area contributed by atoms with E-state index >= 15 is 0 Å². The summed E-state index contributed by atoms with van der Waals surface area (Å²) >= 11 is 0. The average Bonchev–Trinajstić information content (AvgIpc) is 3.30. The molecule has 310 valence electrons. The Hall–Kier alpha value is -5.88. The number of para-hydroxylation sites is 6. The van der Waals surface area contributed by atoms with Gasteiger partial charge in [-0.3, -0.25) is 0 Å². The van der Waals surface area contributed by atoms with Crippen molar-refractivity contribution in [3.8, 4) is 34.5 Å². The summed E-state index contributed by atoms with van der Waals surface area (Å²) in [7, 11) is 0. The first-order valence-corrected chi connectivity index (χ1v) is 20.5. The normalized spacial score (nSPS) is 8.95. The fourth-order valence-electron chi connectivity index (χ4n) is 4.07. The van der Waals surface area contributed by atoms with Crippen molar-refractivity contribution in [3.05, 3.63) is 182 Å². The van der Waals surface area contributed by atoms with Crippen LogP contribution in [-0.4, -0.2) is 12.4 Å². The molecule has 6 aromatic rings. The summed E-state index contributed by atoms with van der Waals surface area (Å²) in [6.07, 6.45) is 0. The summed E-state index contributed by atoms with van der Waals surface area (Å²) in [5, 5.41) is 0. The maximum Gasteiger partial charge on any atom is 0.414 e. The molecule has 6 nitrogen and oxygen atoms in total. The van der Waals surface area contributed by atoms with E-state index < -0.39 is 12.4 Å². The molecule has 0 aromatic heterocycles. The Balaban J connectivity index is 0. The predicted octanol–water partition coefficient (Wildman–Crippen LogP) is 15.6. The summed E-state index contributed by atoms with van der Waals surface area (Å²) in [5.74, 6) is 2.76. The highest BCUT2D eigenvalue weighted by atomic mass is 16.9. The second-order valence-corrected chi connectivity index (χ2v) is 9.69. The van der Waals surface area contributed by atoms with E-state index in [2.05, 4.69) is 0 Å². The minimum absolute atomic E-state index is 0.668. The molecule has 0 bridgehead atoms. The molecule has 6 rings (SSSR count). The van der Waals surface area contributed by atoms with Gasteiger partial charge in [0.15, 0.2) is 0 Å². The van der Waals surface area contributed by atoms with Crippen LogP contribution < -0.4 is 28.4 Å². The van der Waals surface area contributed by atoms with Crippen LogP contribution in [0.3, 0.4) is 0 Å². The first-order chi connectivity index (χ1) is 28.1. The van der Waals surface area contributed by atoms with Crippen molar-refractivity contribution < 1.29 is 28.4 Å². The van der Waals surface area contributed by atoms with Crippen molar-refractivity contribution in [2.24, 2.45) is 0 Å². The van der Waals surface area contributed by atoms with E-state index in [0.29, 0.717) is 34.5 Å². The van der Waals surface area contributed by atoms with Crippen molar-refractivity contribution in [2.45, 2.75) is 102 Å². The van der Waals surface area contributed by atoms with Crippen LogP contribution in [0.25, 0.3) is 0 Å². The van der Waals surface area contributed by atoms with Crippen molar-refractivity contribution in [2.75, 3.05) is 0 Å². The highest BCUT2D eigenvalue weighted by Gasteiger charge is 2.32. The van der Waals surface area contributed by atoms with Gasteiger partial charge in [-0.2, -0.15) is 0 Å². The third-order valence-corrected chi connectivity index (χ3v) is 6.07. The molecule has 0 spiro atoms. The summed E-state index contributed by atoms with van der Waals surface area (Å²) < 4.78 is 35.2. The van der Waals surface area contributed by atoms with E-state index in [1.54, 1.807) is 6.92 Å². The lowest BCUT2D eigenvalue weighted by Crippen LogP contribution is -2.45. The Morgan fingerprint density at radius 3 is 0.596 bits per heavy atom. The number of rotatable bonds is 12. The smallest absolute Gasteiger partial charge is 0.414 e. The lowest BCUT2D eigenvalue weighted by atomic mass is 10.3. The quantitative estimate of drug-likeness (QED) is 0.115. The van der Waals surface area contributed by atoms with E-state index in [9.17, 15) is 0 Å². The molecule has 0 saturated carbocycles. The number of hydrogen-bond donors (Lipinski definition) is 0. The third-order valence-electron chi connectivity index (χ3n) is 6.07. The van der Waals surface area contributed by atoms with Gasteiger partial charge in [-0.1, -0.05) is 192 Å². The van der Waals surface area contributed by atoms with E-state index in [4.69, 9.17) is 28.4 Å². The molecule has 0 saturated heterocycles. The molecule has 0 N–H and O–H groups in total. The van der Waals surface area contributed by atoms with Gasteiger partial charge in [-0.15, -0.1) is 0 Å². The molecule has 0 heterocycles. The summed E-state index contributed by atoms with van der Waals surface area (Å²) in [6.45, 7) is 24.9. The molecule has 0 aliphatic carbocycles. The Morgan fingerprint density at radius 2 is 0.421 bits per heavy atom. The van der Waals surface area contributed by atoms with E-state index in [0.717, 1.165) is 0 Å². The van der Waals surface area contributed by atoms with Gasteiger partial charge in [0.2, 0.25) is 0 Å². The van der Waals surface area contributed by atoms with Crippen LogP contribution in [0.5, 0.6) is 34.5 Å². The van der Waals surface area contributed by atoms with Crippen LogP contribution in [-0.2, 0) is 0 Å². The average molecular weight is 779 g/mol. The highest BCUT2D eigenvalue weighted by Crippen LogP contribution is 2.26. The first kappa shape index (κ1) is 53.2. The molecule has 57 heavy (non-hydrogen) atoms.